The summed E-state index contributed by atoms with van der Waals surface area (Å²) in [5.74, 6) is 0.725. The first kappa shape index (κ1) is 22.2. The van der Waals surface area contributed by atoms with E-state index in [0.29, 0.717) is 17.9 Å². The topological polar surface area (TPSA) is 99.1 Å². The molecule has 0 saturated heterocycles. The van der Waals surface area contributed by atoms with Crippen molar-refractivity contribution in [3.05, 3.63) is 94.2 Å². The van der Waals surface area contributed by atoms with Gasteiger partial charge in [0.25, 0.3) is 0 Å². The molecule has 0 aliphatic carbocycles. The van der Waals surface area contributed by atoms with Crippen molar-refractivity contribution in [3.63, 3.8) is 0 Å². The molecule has 154 valence electrons. The van der Waals surface area contributed by atoms with E-state index >= 15 is 0 Å². The molecule has 0 aliphatic rings. The lowest BCUT2D eigenvalue weighted by molar-refractivity contribution is -0.361. The second-order valence-electron chi connectivity index (χ2n) is 6.18. The van der Waals surface area contributed by atoms with Crippen molar-refractivity contribution in [2.45, 2.75) is 6.54 Å². The van der Waals surface area contributed by atoms with Crippen molar-refractivity contribution in [1.29, 1.82) is 0 Å². The van der Waals surface area contributed by atoms with Crippen LogP contribution in [0.15, 0.2) is 71.7 Å². The van der Waals surface area contributed by atoms with Crippen LogP contribution in [0.5, 0.6) is 17.2 Å². The molecule has 0 atom stereocenters. The van der Waals surface area contributed by atoms with Crippen LogP contribution in [-0.4, -0.2) is 30.3 Å². The quantitative estimate of drug-likeness (QED) is 0.254. The molecule has 0 heterocycles. The lowest BCUT2D eigenvalue weighted by Gasteiger charge is -2.04. The Balaban J connectivity index is 0.00000101. The summed E-state index contributed by atoms with van der Waals surface area (Å²) in [5, 5.41) is 29.5. The Hall–Kier alpha value is -4.06. The Bertz CT molecular complexity index is 1010. The number of nitrogens with zero attached hydrogens (tertiary/aromatic N) is 1. The maximum Gasteiger partial charge on any atom is 0.161 e. The fraction of sp³-hybridized carbons (Fsp3) is 0.0833. The van der Waals surface area contributed by atoms with Crippen LogP contribution < -0.4 is 9.89 Å². The molecule has 0 saturated carbocycles. The number of phenols is 2. The number of ether oxygens (including phenoxy) is 1. The minimum Gasteiger partial charge on any atom is -0.626 e. The summed E-state index contributed by atoms with van der Waals surface area (Å²) in [6, 6.07) is 20.5. The molecule has 0 radical (unpaired) electrons. The molecule has 6 heteroatoms. The number of hydrogen-bond acceptors (Lipinski definition) is 5. The maximum atomic E-state index is 10.1. The molecule has 6 nitrogen and oxygen atoms in total. The van der Waals surface area contributed by atoms with Crippen molar-refractivity contribution < 1.29 is 20.1 Å². The Morgan fingerprint density at radius 1 is 0.967 bits per heavy atom. The standard InChI is InChI=1S/C23H21NO3.CH3NO/c1-27-23-14-18(10-12-22(23)26)8-7-17-9-11-21(25)20(13-17)16-24-15-19-5-3-2-4-6-19;1-2-3/h2-14,16,25-26H,15H2,1H3;2H,1H2. The molecule has 0 unspecified atom stereocenters. The zero-order chi connectivity index (χ0) is 21.8. The van der Waals surface area contributed by atoms with Gasteiger partial charge in [-0.1, -0.05) is 54.6 Å². The van der Waals surface area contributed by atoms with Gasteiger partial charge >= 0.3 is 0 Å². The summed E-state index contributed by atoms with van der Waals surface area (Å²) in [6.45, 7) is 3.24. The number of aliphatic imine (C=N–C) groups is 1. The van der Waals surface area contributed by atoms with E-state index in [-0.39, 0.29) is 11.5 Å². The van der Waals surface area contributed by atoms with Crippen LogP contribution in [0.25, 0.3) is 12.2 Å². The molecular formula is C24H24N2O4. The highest BCUT2D eigenvalue weighted by Gasteiger charge is 2.02. The van der Waals surface area contributed by atoms with Gasteiger partial charge in [-0.15, -0.1) is 0 Å². The van der Waals surface area contributed by atoms with Gasteiger partial charge in [-0.3, -0.25) is 4.99 Å². The number of benzene rings is 3. The smallest absolute Gasteiger partial charge is 0.161 e. The highest BCUT2D eigenvalue weighted by Crippen LogP contribution is 2.27. The molecule has 0 aromatic heterocycles. The summed E-state index contributed by atoms with van der Waals surface area (Å²) in [7, 11) is 1.52. The first-order valence-corrected chi connectivity index (χ1v) is 9.13. The predicted molar refractivity (Wildman–Crippen MR) is 121 cm³/mol. The van der Waals surface area contributed by atoms with Crippen LogP contribution in [0.4, 0.5) is 0 Å². The minimum atomic E-state index is 0.108. The van der Waals surface area contributed by atoms with Crippen molar-refractivity contribution in [3.8, 4) is 17.2 Å². The molecule has 3 N–H and O–H groups in total. The van der Waals surface area contributed by atoms with Gasteiger partial charge in [0.1, 0.15) is 12.5 Å². The summed E-state index contributed by atoms with van der Waals surface area (Å²) < 4.78 is 5.12. The van der Waals surface area contributed by atoms with E-state index in [9.17, 15) is 10.2 Å². The van der Waals surface area contributed by atoms with Gasteiger partial charge in [0.05, 0.1) is 13.7 Å². The predicted octanol–water partition coefficient (Wildman–Crippen LogP) is 3.16. The largest absolute Gasteiger partial charge is 0.626 e. The third kappa shape index (κ3) is 6.83. The molecule has 0 bridgehead atoms. The van der Waals surface area contributed by atoms with E-state index in [0.717, 1.165) is 16.7 Å². The first-order chi connectivity index (χ1) is 14.6. The summed E-state index contributed by atoms with van der Waals surface area (Å²) in [6.07, 6.45) is 5.53. The van der Waals surface area contributed by atoms with Gasteiger partial charge < -0.3 is 20.2 Å². The Morgan fingerprint density at radius 2 is 1.57 bits per heavy atom. The summed E-state index contributed by atoms with van der Waals surface area (Å²) in [4.78, 5) is 4.41. The highest BCUT2D eigenvalue weighted by atomic mass is 16.5. The van der Waals surface area contributed by atoms with E-state index in [1.807, 2.05) is 54.6 Å². The number of nitrogens with one attached hydrogen (secondary N) is 1. The summed E-state index contributed by atoms with van der Waals surface area (Å²) in [5.41, 5.74) is 3.61. The monoisotopic (exact) mass is 404 g/mol. The zero-order valence-corrected chi connectivity index (χ0v) is 16.7. The zero-order valence-electron chi connectivity index (χ0n) is 16.7. The van der Waals surface area contributed by atoms with E-state index in [2.05, 4.69) is 11.7 Å². The minimum absolute atomic E-state index is 0.108. The molecule has 3 aromatic rings. The van der Waals surface area contributed by atoms with Crippen LogP contribution >= 0.6 is 0 Å². The van der Waals surface area contributed by atoms with Gasteiger partial charge in [0.15, 0.2) is 11.5 Å². The van der Waals surface area contributed by atoms with Gasteiger partial charge in [-0.25, -0.2) is 5.16 Å². The van der Waals surface area contributed by atoms with Crippen molar-refractivity contribution in [1.82, 2.24) is 0 Å². The number of hydrogen-bond donors (Lipinski definition) is 3. The van der Waals surface area contributed by atoms with Crippen LogP contribution in [0.2, 0.25) is 0 Å². The second-order valence-corrected chi connectivity index (χ2v) is 6.18. The lowest BCUT2D eigenvalue weighted by atomic mass is 10.1. The third-order valence-corrected chi connectivity index (χ3v) is 4.07. The maximum absolute atomic E-state index is 10.1. The average Bonchev–Trinajstić information content (AvgIpc) is 2.76. The van der Waals surface area contributed by atoms with Crippen molar-refractivity contribution in [2.75, 3.05) is 7.11 Å². The normalized spacial score (nSPS) is 10.6. The van der Waals surface area contributed by atoms with E-state index in [1.165, 1.54) is 12.3 Å². The van der Waals surface area contributed by atoms with Crippen LogP contribution in [0, 0.1) is 5.21 Å². The Morgan fingerprint density at radius 3 is 2.20 bits per heavy atom. The van der Waals surface area contributed by atoms with E-state index < -0.39 is 0 Å². The summed E-state index contributed by atoms with van der Waals surface area (Å²) >= 11 is 0. The van der Waals surface area contributed by atoms with Gasteiger partial charge in [-0.05, 0) is 41.0 Å². The fourth-order valence-corrected chi connectivity index (χ4v) is 2.60. The number of methoxy groups -OCH3 is 1. The Labute approximate surface area is 175 Å². The molecule has 0 aliphatic heterocycles. The second kappa shape index (κ2) is 11.7. The molecule has 0 amide bonds. The number of phenolic OH excluding ortho intramolecular Hbond substituents is 2. The van der Waals surface area contributed by atoms with Crippen LogP contribution in [-0.2, 0) is 6.54 Å². The van der Waals surface area contributed by atoms with Gasteiger partial charge in [0, 0.05) is 11.8 Å². The fourth-order valence-electron chi connectivity index (χ4n) is 2.60. The first-order valence-electron chi connectivity index (χ1n) is 9.13. The van der Waals surface area contributed by atoms with Crippen molar-refractivity contribution in [2.24, 2.45) is 4.99 Å². The van der Waals surface area contributed by atoms with Gasteiger partial charge in [-0.2, -0.15) is 0 Å². The number of rotatable bonds is 6. The van der Waals surface area contributed by atoms with E-state index in [1.54, 1.807) is 30.5 Å². The molecule has 30 heavy (non-hydrogen) atoms. The molecule has 3 aromatic carbocycles. The van der Waals surface area contributed by atoms with Crippen LogP contribution in [0.3, 0.4) is 0 Å². The molecule has 0 fully saturated rings. The number of aromatic hydroxyl groups is 2. The molecule has 0 spiro atoms. The molecule has 3 rings (SSSR count). The lowest BCUT2D eigenvalue weighted by Crippen LogP contribution is -2.56. The Kier molecular flexibility index (Phi) is 8.68. The average molecular weight is 404 g/mol. The van der Waals surface area contributed by atoms with E-state index in [4.69, 9.17) is 9.94 Å². The SMILES string of the molecule is C=[NH+][O-].COc1cc(C=Cc2ccc(O)c(C=NCc3ccccc3)c2)ccc1O. The van der Waals surface area contributed by atoms with Crippen LogP contribution in [0.1, 0.15) is 22.3 Å². The van der Waals surface area contributed by atoms with Gasteiger partial charge in [0.2, 0.25) is 0 Å². The van der Waals surface area contributed by atoms with Crippen molar-refractivity contribution >= 4 is 25.1 Å². The highest BCUT2D eigenvalue weighted by molar-refractivity contribution is 5.85. The molecular weight excluding hydrogens is 380 g/mol. The third-order valence-electron chi connectivity index (χ3n) is 4.07.